The highest BCUT2D eigenvalue weighted by molar-refractivity contribution is 5.99. The summed E-state index contributed by atoms with van der Waals surface area (Å²) in [6.07, 6.45) is 6.37. The second kappa shape index (κ2) is 25.3. The fourth-order valence-electron chi connectivity index (χ4n) is 8.53. The number of unbranched alkanes of at least 4 members (excludes halogenated alkanes) is 4. The number of nitrogens with zero attached hydrogens (tertiary/aromatic N) is 6. The maximum Gasteiger partial charge on any atom is 0.338 e. The van der Waals surface area contributed by atoms with E-state index in [2.05, 4.69) is 37.3 Å². The van der Waals surface area contributed by atoms with E-state index in [1.807, 2.05) is 173 Å². The summed E-state index contributed by atoms with van der Waals surface area (Å²) in [5.41, 5.74) is 13.5. The fourth-order valence-corrected chi connectivity index (χ4v) is 8.53. The van der Waals surface area contributed by atoms with Crippen molar-refractivity contribution < 1.29 is 14.3 Å². The van der Waals surface area contributed by atoms with Gasteiger partial charge in [-0.25, -0.2) is 4.79 Å². The van der Waals surface area contributed by atoms with Crippen LogP contribution in [0.1, 0.15) is 96.1 Å². The lowest BCUT2D eigenvalue weighted by molar-refractivity contribution is 0.0499. The molecule has 0 amide bonds. The largest absolute Gasteiger partial charge is 0.494 e. The van der Waals surface area contributed by atoms with E-state index in [1.165, 1.54) is 19.3 Å². The number of rotatable bonds is 21. The topological polar surface area (TPSA) is 117 Å². The Bertz CT molecular complexity index is 2960. The highest BCUT2D eigenvalue weighted by Crippen LogP contribution is 2.35. The minimum atomic E-state index is -0.371. The first-order valence-electron chi connectivity index (χ1n) is 24.3. The van der Waals surface area contributed by atoms with E-state index in [0.717, 1.165) is 92.2 Å². The van der Waals surface area contributed by atoms with Crippen molar-refractivity contribution in [1.82, 2.24) is 14.7 Å². The average molecular weight is 941 g/mol. The Kier molecular flexibility index (Phi) is 18.6. The van der Waals surface area contributed by atoms with Gasteiger partial charge in [0.2, 0.25) is 0 Å². The first-order valence-corrected chi connectivity index (χ1v) is 24.3. The highest BCUT2D eigenvalue weighted by atomic mass is 16.5. The lowest BCUT2D eigenvalue weighted by Crippen LogP contribution is -2.12. The molecule has 0 fully saturated rings. The molecule has 0 unspecified atom stereocenters. The maximum absolute atomic E-state index is 12.5. The van der Waals surface area contributed by atoms with Crippen molar-refractivity contribution in [2.24, 2.45) is 0 Å². The smallest absolute Gasteiger partial charge is 0.338 e. The van der Waals surface area contributed by atoms with Gasteiger partial charge < -0.3 is 24.2 Å². The van der Waals surface area contributed by atoms with Crippen molar-refractivity contribution in [3.05, 3.63) is 185 Å². The average Bonchev–Trinajstić information content (AvgIpc) is 3.39. The van der Waals surface area contributed by atoms with E-state index in [9.17, 15) is 20.6 Å². The van der Waals surface area contributed by atoms with Gasteiger partial charge in [-0.05, 0) is 105 Å². The van der Waals surface area contributed by atoms with Crippen LogP contribution in [0.2, 0.25) is 0 Å². The third kappa shape index (κ3) is 13.1. The van der Waals surface area contributed by atoms with E-state index in [1.54, 1.807) is 24.3 Å². The van der Waals surface area contributed by atoms with E-state index < -0.39 is 0 Å². The minimum absolute atomic E-state index is 0.371. The number of ether oxygens (including phenoxy) is 2. The van der Waals surface area contributed by atoms with Crippen LogP contribution in [-0.2, 0) is 4.74 Å². The van der Waals surface area contributed by atoms with Gasteiger partial charge in [0.15, 0.2) is 0 Å². The number of benzene rings is 6. The molecule has 0 spiro atoms. The molecule has 0 saturated heterocycles. The molecule has 0 N–H and O–H groups in total. The third-order valence-electron chi connectivity index (χ3n) is 12.3. The molecule has 0 atom stereocenters. The van der Waals surface area contributed by atoms with Crippen LogP contribution in [0, 0.1) is 34.0 Å². The molecular formula is C62H64N6O3. The number of allylic oxidation sites excluding steroid dienone is 3. The van der Waals surface area contributed by atoms with Crippen LogP contribution in [0.3, 0.4) is 0 Å². The number of carbonyl (C=O) groups excluding carboxylic acids is 1. The van der Waals surface area contributed by atoms with E-state index in [0.29, 0.717) is 41.1 Å². The summed E-state index contributed by atoms with van der Waals surface area (Å²) in [7, 11) is 11.6. The predicted molar refractivity (Wildman–Crippen MR) is 290 cm³/mol. The zero-order valence-corrected chi connectivity index (χ0v) is 42.4. The second-order valence-corrected chi connectivity index (χ2v) is 18.0. The van der Waals surface area contributed by atoms with Crippen molar-refractivity contribution in [2.75, 3.05) is 55.5 Å². The van der Waals surface area contributed by atoms with Gasteiger partial charge in [0.25, 0.3) is 0 Å². The molecule has 9 nitrogen and oxygen atoms in total. The van der Waals surface area contributed by atoms with Crippen LogP contribution in [0.25, 0.3) is 56.1 Å². The summed E-state index contributed by atoms with van der Waals surface area (Å²) >= 11 is 0. The Hall–Kier alpha value is -8.32. The molecule has 360 valence electrons. The molecule has 0 bridgehead atoms. The summed E-state index contributed by atoms with van der Waals surface area (Å²) in [5, 5.41) is 31.4. The standard InChI is InChI=1S/C62H64N6O3/c1-9-11-13-14-40-70-55-37-35-53(36-38-55)61(68(7)8)57(42-64)49-25-17-45(18-26-49)46-19-29-51(30-20-46)59(66(3)4)56(41-63)48-23-15-44(16-24-48)47-21-31-52(32-22-47)60(67(5)6)58(43-65)50-27-33-54(34-28-50)62(69)71-39-12-10-2/h15-38H,9-14,39-40H2,1-8H3/b59-56-,60-58-,61-57-. The number of esters is 1. The molecule has 0 aliphatic heterocycles. The Morgan fingerprint density at radius 3 is 1.03 bits per heavy atom. The summed E-state index contributed by atoms with van der Waals surface area (Å²) < 4.78 is 11.3. The number of hydrogen-bond acceptors (Lipinski definition) is 9. The predicted octanol–water partition coefficient (Wildman–Crippen LogP) is 13.8. The fraction of sp³-hybridized carbons (Fsp3) is 0.258. The van der Waals surface area contributed by atoms with Gasteiger partial charge >= 0.3 is 5.97 Å². The Balaban J connectivity index is 1.19. The summed E-state index contributed by atoms with van der Waals surface area (Å²) in [6.45, 7) is 5.33. The van der Waals surface area contributed by atoms with Crippen molar-refractivity contribution in [2.45, 2.75) is 52.4 Å². The molecule has 6 aromatic carbocycles. The van der Waals surface area contributed by atoms with Gasteiger partial charge in [-0.1, -0.05) is 149 Å². The second-order valence-electron chi connectivity index (χ2n) is 18.0. The molecule has 0 aliphatic rings. The molecular weight excluding hydrogens is 877 g/mol. The number of carbonyl (C=O) groups is 1. The molecule has 9 heteroatoms. The lowest BCUT2D eigenvalue weighted by atomic mass is 9.94. The SMILES string of the molecule is CCCCCCOc1ccc(/C(=C(\C#N)c2ccc(-c3ccc(/C(=C(\C#N)c4ccc(-c5ccc(/C(=C(\C#N)c6ccc(C(=O)OCCCC)cc6)N(C)C)cc5)cc4)N(C)C)cc3)cc2)N(C)C)cc1. The Morgan fingerprint density at radius 1 is 0.394 bits per heavy atom. The highest BCUT2D eigenvalue weighted by Gasteiger charge is 2.19. The third-order valence-corrected chi connectivity index (χ3v) is 12.3. The molecule has 0 aromatic heterocycles. The molecule has 71 heavy (non-hydrogen) atoms. The molecule has 0 radical (unpaired) electrons. The van der Waals surface area contributed by atoms with Crippen molar-refractivity contribution in [3.63, 3.8) is 0 Å². The van der Waals surface area contributed by atoms with Crippen LogP contribution in [0.4, 0.5) is 0 Å². The molecule has 6 rings (SSSR count). The molecule has 0 aliphatic carbocycles. The summed E-state index contributed by atoms with van der Waals surface area (Å²) in [4.78, 5) is 18.4. The number of hydrogen-bond donors (Lipinski definition) is 0. The molecule has 0 saturated carbocycles. The first kappa shape index (κ1) is 52.1. The lowest BCUT2D eigenvalue weighted by Gasteiger charge is -2.21. The van der Waals surface area contributed by atoms with Crippen LogP contribution < -0.4 is 4.74 Å². The first-order chi connectivity index (χ1) is 34.4. The van der Waals surface area contributed by atoms with Crippen LogP contribution in [0.5, 0.6) is 5.75 Å². The maximum atomic E-state index is 12.5. The van der Waals surface area contributed by atoms with Gasteiger partial charge in [0.1, 0.15) is 24.0 Å². The molecule has 6 aromatic rings. The summed E-state index contributed by atoms with van der Waals surface area (Å²) in [6, 6.07) is 54.7. The minimum Gasteiger partial charge on any atom is -0.494 e. The number of nitriles is 3. The Labute approximate surface area is 421 Å². The van der Waals surface area contributed by atoms with E-state index in [4.69, 9.17) is 9.47 Å². The monoisotopic (exact) mass is 941 g/mol. The normalized spacial score (nSPS) is 12.0. The van der Waals surface area contributed by atoms with Gasteiger partial charge in [-0.2, -0.15) is 15.8 Å². The molecule has 0 heterocycles. The van der Waals surface area contributed by atoms with E-state index in [-0.39, 0.29) is 5.97 Å². The zero-order chi connectivity index (χ0) is 50.9. The van der Waals surface area contributed by atoms with Gasteiger partial charge in [-0.3, -0.25) is 0 Å². The van der Waals surface area contributed by atoms with Crippen molar-refractivity contribution in [3.8, 4) is 46.2 Å². The van der Waals surface area contributed by atoms with Crippen molar-refractivity contribution in [1.29, 1.82) is 15.8 Å². The van der Waals surface area contributed by atoms with Crippen LogP contribution in [-0.4, -0.2) is 76.2 Å². The van der Waals surface area contributed by atoms with Gasteiger partial charge in [0.05, 0.1) is 52.6 Å². The Morgan fingerprint density at radius 2 is 0.704 bits per heavy atom. The van der Waals surface area contributed by atoms with E-state index >= 15 is 0 Å². The van der Waals surface area contributed by atoms with Gasteiger partial charge in [-0.15, -0.1) is 0 Å². The quantitative estimate of drug-likeness (QED) is 0.0301. The van der Waals surface area contributed by atoms with Crippen LogP contribution in [0.15, 0.2) is 146 Å². The van der Waals surface area contributed by atoms with Gasteiger partial charge in [0, 0.05) is 42.3 Å². The van der Waals surface area contributed by atoms with Crippen LogP contribution >= 0.6 is 0 Å². The zero-order valence-electron chi connectivity index (χ0n) is 42.4. The summed E-state index contributed by atoms with van der Waals surface area (Å²) in [5.74, 6) is 0.458. The van der Waals surface area contributed by atoms with Crippen molar-refractivity contribution >= 4 is 39.8 Å².